The molecule has 0 saturated heterocycles. The molecule has 0 amide bonds. The Morgan fingerprint density at radius 2 is 1.92 bits per heavy atom. The van der Waals surface area contributed by atoms with E-state index in [1.807, 2.05) is 0 Å². The summed E-state index contributed by atoms with van der Waals surface area (Å²) in [6, 6.07) is 0.718. The molecule has 1 aliphatic rings. The van der Waals surface area contributed by atoms with Crippen molar-refractivity contribution in [2.45, 2.75) is 38.1 Å². The number of rotatable bonds is 6. The van der Waals surface area contributed by atoms with E-state index in [0.717, 1.165) is 31.4 Å². The molecule has 78 valence electrons. The van der Waals surface area contributed by atoms with Crippen LogP contribution in [0.3, 0.4) is 0 Å². The Kier molecular flexibility index (Phi) is 5.76. The quantitative estimate of drug-likeness (QED) is 0.670. The summed E-state index contributed by atoms with van der Waals surface area (Å²) in [5.74, 6) is 0.731. The van der Waals surface area contributed by atoms with Crippen molar-refractivity contribution in [2.75, 3.05) is 25.6 Å². The average molecular weight is 206 g/mol. The van der Waals surface area contributed by atoms with Crippen LogP contribution in [-0.2, 0) is 0 Å². The molecule has 1 fully saturated rings. The Morgan fingerprint density at radius 1 is 1.23 bits per heavy atom. The van der Waals surface area contributed by atoms with E-state index in [0.29, 0.717) is 0 Å². The molecule has 0 heterocycles. The number of alkyl halides is 1. The SMILES string of the molecule is OCCN(CCCCl)C1CCCC1. The summed E-state index contributed by atoms with van der Waals surface area (Å²) in [6.07, 6.45) is 6.36. The molecule has 1 saturated carbocycles. The number of hydrogen-bond acceptors (Lipinski definition) is 2. The minimum Gasteiger partial charge on any atom is -0.395 e. The highest BCUT2D eigenvalue weighted by Crippen LogP contribution is 2.23. The first-order valence-corrected chi connectivity index (χ1v) is 5.83. The first-order chi connectivity index (χ1) is 6.38. The zero-order chi connectivity index (χ0) is 9.52. The first-order valence-electron chi connectivity index (χ1n) is 5.29. The highest BCUT2D eigenvalue weighted by molar-refractivity contribution is 6.17. The van der Waals surface area contributed by atoms with Crippen molar-refractivity contribution in [3.8, 4) is 0 Å². The normalized spacial score (nSPS) is 18.7. The first kappa shape index (κ1) is 11.3. The largest absolute Gasteiger partial charge is 0.395 e. The maximum Gasteiger partial charge on any atom is 0.0558 e. The third kappa shape index (κ3) is 3.84. The molecule has 0 atom stereocenters. The van der Waals surface area contributed by atoms with Gasteiger partial charge in [-0.3, -0.25) is 4.90 Å². The summed E-state index contributed by atoms with van der Waals surface area (Å²) < 4.78 is 0. The molecule has 3 heteroatoms. The van der Waals surface area contributed by atoms with Gasteiger partial charge in [-0.1, -0.05) is 12.8 Å². The molecular weight excluding hydrogens is 186 g/mol. The van der Waals surface area contributed by atoms with E-state index in [-0.39, 0.29) is 6.61 Å². The summed E-state index contributed by atoms with van der Waals surface area (Å²) in [6.45, 7) is 2.15. The molecule has 0 radical (unpaired) electrons. The maximum absolute atomic E-state index is 8.92. The summed E-state index contributed by atoms with van der Waals surface area (Å²) in [4.78, 5) is 2.40. The molecule has 13 heavy (non-hydrogen) atoms. The summed E-state index contributed by atoms with van der Waals surface area (Å²) in [5, 5.41) is 8.92. The van der Waals surface area contributed by atoms with Crippen molar-refractivity contribution >= 4 is 11.6 Å². The zero-order valence-corrected chi connectivity index (χ0v) is 8.97. The summed E-state index contributed by atoms with van der Waals surface area (Å²) in [7, 11) is 0. The second-order valence-corrected chi connectivity index (χ2v) is 4.12. The second-order valence-electron chi connectivity index (χ2n) is 3.74. The van der Waals surface area contributed by atoms with Gasteiger partial charge in [-0.05, 0) is 25.8 Å². The van der Waals surface area contributed by atoms with Gasteiger partial charge in [-0.25, -0.2) is 0 Å². The van der Waals surface area contributed by atoms with Crippen LogP contribution in [0, 0.1) is 0 Å². The van der Waals surface area contributed by atoms with Crippen molar-refractivity contribution in [3.05, 3.63) is 0 Å². The van der Waals surface area contributed by atoms with Crippen LogP contribution < -0.4 is 0 Å². The van der Waals surface area contributed by atoms with E-state index in [1.54, 1.807) is 0 Å². The maximum atomic E-state index is 8.92. The van der Waals surface area contributed by atoms with Crippen LogP contribution in [0.25, 0.3) is 0 Å². The fraction of sp³-hybridized carbons (Fsp3) is 1.00. The van der Waals surface area contributed by atoms with Gasteiger partial charge in [0, 0.05) is 18.5 Å². The Bertz CT molecular complexity index is 126. The molecule has 0 aromatic heterocycles. The molecule has 1 N–H and O–H groups in total. The monoisotopic (exact) mass is 205 g/mol. The Hall–Kier alpha value is 0.210. The molecule has 1 aliphatic carbocycles. The van der Waals surface area contributed by atoms with E-state index in [4.69, 9.17) is 16.7 Å². The Labute approximate surface area is 85.9 Å². The van der Waals surface area contributed by atoms with E-state index >= 15 is 0 Å². The van der Waals surface area contributed by atoms with E-state index in [1.165, 1.54) is 25.7 Å². The predicted octanol–water partition coefficient (Wildman–Crippen LogP) is 1.85. The van der Waals surface area contributed by atoms with Crippen LogP contribution in [0.4, 0.5) is 0 Å². The van der Waals surface area contributed by atoms with Gasteiger partial charge in [-0.2, -0.15) is 0 Å². The van der Waals surface area contributed by atoms with Gasteiger partial charge < -0.3 is 5.11 Å². The molecular formula is C10H20ClNO. The van der Waals surface area contributed by atoms with Crippen molar-refractivity contribution in [1.82, 2.24) is 4.90 Å². The van der Waals surface area contributed by atoms with Gasteiger partial charge in [0.2, 0.25) is 0 Å². The third-order valence-electron chi connectivity index (χ3n) is 2.81. The molecule has 0 aromatic rings. The van der Waals surface area contributed by atoms with Crippen LogP contribution in [0.15, 0.2) is 0 Å². The van der Waals surface area contributed by atoms with E-state index in [9.17, 15) is 0 Å². The standard InChI is InChI=1S/C10H20ClNO/c11-6-3-7-12(8-9-13)10-4-1-2-5-10/h10,13H,1-9H2. The number of hydrogen-bond donors (Lipinski definition) is 1. The molecule has 0 unspecified atom stereocenters. The highest BCUT2D eigenvalue weighted by Gasteiger charge is 2.21. The van der Waals surface area contributed by atoms with Crippen LogP contribution >= 0.6 is 11.6 Å². The molecule has 1 rings (SSSR count). The number of halogens is 1. The second kappa shape index (κ2) is 6.63. The lowest BCUT2D eigenvalue weighted by atomic mass is 10.2. The van der Waals surface area contributed by atoms with Gasteiger partial charge in [0.1, 0.15) is 0 Å². The molecule has 2 nitrogen and oxygen atoms in total. The smallest absolute Gasteiger partial charge is 0.0558 e. The molecule has 0 aliphatic heterocycles. The number of aliphatic hydroxyl groups is 1. The number of aliphatic hydroxyl groups excluding tert-OH is 1. The predicted molar refractivity (Wildman–Crippen MR) is 56.3 cm³/mol. The third-order valence-corrected chi connectivity index (χ3v) is 3.07. The van der Waals surface area contributed by atoms with Crippen molar-refractivity contribution in [2.24, 2.45) is 0 Å². The van der Waals surface area contributed by atoms with Crippen LogP contribution in [-0.4, -0.2) is 41.6 Å². The summed E-state index contributed by atoms with van der Waals surface area (Å²) >= 11 is 5.66. The van der Waals surface area contributed by atoms with E-state index < -0.39 is 0 Å². The molecule has 0 bridgehead atoms. The lowest BCUT2D eigenvalue weighted by molar-refractivity contribution is 0.152. The van der Waals surface area contributed by atoms with Gasteiger partial charge in [0.05, 0.1) is 6.61 Å². The minimum atomic E-state index is 0.277. The molecule has 0 aromatic carbocycles. The van der Waals surface area contributed by atoms with Crippen LogP contribution in [0.5, 0.6) is 0 Å². The van der Waals surface area contributed by atoms with Gasteiger partial charge in [0.15, 0.2) is 0 Å². The van der Waals surface area contributed by atoms with Crippen molar-refractivity contribution in [3.63, 3.8) is 0 Å². The Balaban J connectivity index is 2.26. The minimum absolute atomic E-state index is 0.277. The highest BCUT2D eigenvalue weighted by atomic mass is 35.5. The fourth-order valence-corrected chi connectivity index (χ4v) is 2.26. The molecule has 0 spiro atoms. The van der Waals surface area contributed by atoms with Crippen LogP contribution in [0.1, 0.15) is 32.1 Å². The zero-order valence-electron chi connectivity index (χ0n) is 8.21. The van der Waals surface area contributed by atoms with Gasteiger partial charge >= 0.3 is 0 Å². The van der Waals surface area contributed by atoms with Crippen molar-refractivity contribution in [1.29, 1.82) is 0 Å². The van der Waals surface area contributed by atoms with E-state index in [2.05, 4.69) is 4.90 Å². The van der Waals surface area contributed by atoms with Crippen LogP contribution in [0.2, 0.25) is 0 Å². The lowest BCUT2D eigenvalue weighted by Crippen LogP contribution is -2.36. The fourth-order valence-electron chi connectivity index (χ4n) is 2.14. The van der Waals surface area contributed by atoms with Gasteiger partial charge in [0.25, 0.3) is 0 Å². The average Bonchev–Trinajstić information content (AvgIpc) is 2.65. The number of nitrogens with zero attached hydrogens (tertiary/aromatic N) is 1. The summed E-state index contributed by atoms with van der Waals surface area (Å²) in [5.41, 5.74) is 0. The van der Waals surface area contributed by atoms with Gasteiger partial charge in [-0.15, -0.1) is 11.6 Å². The van der Waals surface area contributed by atoms with Crippen molar-refractivity contribution < 1.29 is 5.11 Å². The topological polar surface area (TPSA) is 23.5 Å². The Morgan fingerprint density at radius 3 is 2.46 bits per heavy atom. The lowest BCUT2D eigenvalue weighted by Gasteiger charge is -2.27.